The highest BCUT2D eigenvalue weighted by molar-refractivity contribution is 9.10. The number of aryl methyl sites for hydroxylation is 1. The topological polar surface area (TPSA) is 54.7 Å². The van der Waals surface area contributed by atoms with Gasteiger partial charge in [-0.3, -0.25) is 0 Å². The van der Waals surface area contributed by atoms with Gasteiger partial charge in [0.2, 0.25) is 0 Å². The Hall–Kier alpha value is -0.810. The molecule has 0 unspecified atom stereocenters. The average Bonchev–Trinajstić information content (AvgIpc) is 2.58. The van der Waals surface area contributed by atoms with Crippen molar-refractivity contribution in [3.05, 3.63) is 21.6 Å². The van der Waals surface area contributed by atoms with Crippen LogP contribution in [0.1, 0.15) is 4.88 Å². The van der Waals surface area contributed by atoms with Crippen molar-refractivity contribution in [1.29, 1.82) is 0 Å². The number of rotatable bonds is 1. The minimum atomic E-state index is 0.452. The summed E-state index contributed by atoms with van der Waals surface area (Å²) in [5, 5.41) is 0. The van der Waals surface area contributed by atoms with Crippen molar-refractivity contribution in [2.75, 3.05) is 5.73 Å². The molecule has 3 nitrogen and oxygen atoms in total. The third-order valence-electron chi connectivity index (χ3n) is 1.65. The summed E-state index contributed by atoms with van der Waals surface area (Å²) < 4.78 is 1.08. The van der Waals surface area contributed by atoms with Crippen LogP contribution in [-0.4, -0.2) is 9.97 Å². The fourth-order valence-corrected chi connectivity index (χ4v) is 2.94. The van der Waals surface area contributed by atoms with Gasteiger partial charge >= 0.3 is 0 Å². The first-order valence-electron chi connectivity index (χ1n) is 3.73. The van der Waals surface area contributed by atoms with Crippen LogP contribution in [0.4, 0.5) is 5.95 Å². The average molecular weight is 258 g/mol. The number of nitrogens with zero attached hydrogens (tertiary/aromatic N) is 1. The summed E-state index contributed by atoms with van der Waals surface area (Å²) in [4.78, 5) is 9.34. The highest BCUT2D eigenvalue weighted by atomic mass is 79.9. The predicted molar refractivity (Wildman–Crippen MR) is 58.8 cm³/mol. The number of thiophene rings is 1. The van der Waals surface area contributed by atoms with Crippen LogP contribution in [-0.2, 0) is 0 Å². The lowest BCUT2D eigenvalue weighted by molar-refractivity contribution is 1.33. The van der Waals surface area contributed by atoms with Crippen LogP contribution >= 0.6 is 27.3 Å². The van der Waals surface area contributed by atoms with Gasteiger partial charge in [-0.1, -0.05) is 0 Å². The third-order valence-corrected chi connectivity index (χ3v) is 3.62. The molecule has 0 aliphatic heterocycles. The molecule has 5 heteroatoms. The predicted octanol–water partition coefficient (Wildman–Crippen LogP) is 2.79. The van der Waals surface area contributed by atoms with Gasteiger partial charge in [0.15, 0.2) is 5.95 Å². The largest absolute Gasteiger partial charge is 0.369 e. The number of nitrogen functional groups attached to an aromatic ring is 1. The van der Waals surface area contributed by atoms with Gasteiger partial charge in [0.05, 0.1) is 16.8 Å². The van der Waals surface area contributed by atoms with Crippen molar-refractivity contribution >= 4 is 33.2 Å². The molecule has 0 fully saturated rings. The van der Waals surface area contributed by atoms with Crippen LogP contribution in [0.25, 0.3) is 10.6 Å². The Morgan fingerprint density at radius 2 is 2.38 bits per heavy atom. The van der Waals surface area contributed by atoms with E-state index in [0.717, 1.165) is 15.0 Å². The summed E-state index contributed by atoms with van der Waals surface area (Å²) in [6, 6.07) is 2.08. The number of halogens is 1. The molecule has 2 heterocycles. The summed E-state index contributed by atoms with van der Waals surface area (Å²) >= 11 is 5.19. The van der Waals surface area contributed by atoms with E-state index < -0.39 is 0 Å². The van der Waals surface area contributed by atoms with E-state index in [1.807, 2.05) is 0 Å². The molecule has 2 aromatic heterocycles. The van der Waals surface area contributed by atoms with Crippen molar-refractivity contribution in [2.24, 2.45) is 0 Å². The second-order valence-corrected chi connectivity index (χ2v) is 4.83. The lowest BCUT2D eigenvalue weighted by atomic mass is 10.4. The number of nitrogens with two attached hydrogens (primary N) is 1. The van der Waals surface area contributed by atoms with Crippen LogP contribution < -0.4 is 5.73 Å². The van der Waals surface area contributed by atoms with Crippen molar-refractivity contribution in [3.63, 3.8) is 0 Å². The molecule has 2 aromatic rings. The molecule has 2 rings (SSSR count). The molecule has 0 spiro atoms. The maximum absolute atomic E-state index is 5.50. The number of aromatic nitrogens is 2. The lowest BCUT2D eigenvalue weighted by Crippen LogP contribution is -1.84. The van der Waals surface area contributed by atoms with Gasteiger partial charge in [-0.25, -0.2) is 4.98 Å². The second kappa shape index (κ2) is 3.16. The van der Waals surface area contributed by atoms with Gasteiger partial charge in [-0.2, -0.15) is 0 Å². The van der Waals surface area contributed by atoms with Gasteiger partial charge in [0, 0.05) is 9.35 Å². The number of imidazole rings is 1. The summed E-state index contributed by atoms with van der Waals surface area (Å²) in [6.45, 7) is 2.07. The SMILES string of the molecule is Cc1cc(Br)c(-c2cnc(N)[nH]2)s1. The Labute approximate surface area is 88.1 Å². The third kappa shape index (κ3) is 1.62. The van der Waals surface area contributed by atoms with Gasteiger partial charge in [0.25, 0.3) is 0 Å². The quantitative estimate of drug-likeness (QED) is 0.826. The molecule has 0 saturated heterocycles. The number of H-pyrrole nitrogens is 1. The number of nitrogens with one attached hydrogen (secondary N) is 1. The molecule has 0 saturated carbocycles. The Kier molecular flexibility index (Phi) is 2.13. The standard InChI is InChI=1S/C8H8BrN3S/c1-4-2-5(9)7(13-4)6-3-11-8(10)12-6/h2-3H,1H3,(H3,10,11,12). The normalized spacial score (nSPS) is 10.6. The summed E-state index contributed by atoms with van der Waals surface area (Å²) in [5.41, 5.74) is 6.46. The van der Waals surface area contributed by atoms with E-state index in [2.05, 4.69) is 38.9 Å². The molecule has 0 aliphatic carbocycles. The lowest BCUT2D eigenvalue weighted by Gasteiger charge is -1.91. The smallest absolute Gasteiger partial charge is 0.197 e. The zero-order chi connectivity index (χ0) is 9.42. The van der Waals surface area contributed by atoms with Gasteiger partial charge in [-0.15, -0.1) is 11.3 Å². The van der Waals surface area contributed by atoms with E-state index in [4.69, 9.17) is 5.73 Å². The van der Waals surface area contributed by atoms with Crippen LogP contribution in [0.5, 0.6) is 0 Å². The molecule has 3 N–H and O–H groups in total. The molecule has 0 aromatic carbocycles. The van der Waals surface area contributed by atoms with Gasteiger partial charge in [0.1, 0.15) is 0 Å². The molecule has 0 aliphatic rings. The maximum atomic E-state index is 5.50. The van der Waals surface area contributed by atoms with E-state index in [0.29, 0.717) is 5.95 Å². The number of hydrogen-bond donors (Lipinski definition) is 2. The van der Waals surface area contributed by atoms with Crippen LogP contribution in [0.3, 0.4) is 0 Å². The fourth-order valence-electron chi connectivity index (χ4n) is 1.12. The Morgan fingerprint density at radius 3 is 2.85 bits per heavy atom. The van der Waals surface area contributed by atoms with E-state index in [1.54, 1.807) is 17.5 Å². The highest BCUT2D eigenvalue weighted by Crippen LogP contribution is 2.35. The molecule has 0 amide bonds. The monoisotopic (exact) mass is 257 g/mol. The maximum Gasteiger partial charge on any atom is 0.197 e. The second-order valence-electron chi connectivity index (χ2n) is 2.72. The molecular weight excluding hydrogens is 250 g/mol. The van der Waals surface area contributed by atoms with E-state index in [-0.39, 0.29) is 0 Å². The van der Waals surface area contributed by atoms with Crippen molar-refractivity contribution in [3.8, 4) is 10.6 Å². The molecule has 13 heavy (non-hydrogen) atoms. The Balaban J connectivity index is 2.51. The first-order chi connectivity index (χ1) is 6.16. The van der Waals surface area contributed by atoms with Gasteiger partial charge in [-0.05, 0) is 28.9 Å². The number of anilines is 1. The number of aromatic amines is 1. The van der Waals surface area contributed by atoms with Crippen molar-refractivity contribution < 1.29 is 0 Å². The van der Waals surface area contributed by atoms with E-state index in [1.165, 1.54) is 4.88 Å². The number of hydrogen-bond acceptors (Lipinski definition) is 3. The Bertz CT molecular complexity index is 432. The Morgan fingerprint density at radius 1 is 1.62 bits per heavy atom. The molecule has 0 radical (unpaired) electrons. The molecule has 0 atom stereocenters. The first kappa shape index (κ1) is 8.77. The van der Waals surface area contributed by atoms with Gasteiger partial charge < -0.3 is 10.7 Å². The molecule has 0 bridgehead atoms. The minimum Gasteiger partial charge on any atom is -0.369 e. The van der Waals surface area contributed by atoms with E-state index in [9.17, 15) is 0 Å². The zero-order valence-electron chi connectivity index (χ0n) is 6.97. The summed E-state index contributed by atoms with van der Waals surface area (Å²) in [7, 11) is 0. The van der Waals surface area contributed by atoms with E-state index >= 15 is 0 Å². The van der Waals surface area contributed by atoms with Crippen molar-refractivity contribution in [2.45, 2.75) is 6.92 Å². The molecule has 68 valence electrons. The highest BCUT2D eigenvalue weighted by Gasteiger charge is 2.08. The molecular formula is C8H8BrN3S. The summed E-state index contributed by atoms with van der Waals surface area (Å²) in [5.74, 6) is 0.452. The van der Waals surface area contributed by atoms with Crippen LogP contribution in [0, 0.1) is 6.92 Å². The zero-order valence-corrected chi connectivity index (χ0v) is 9.37. The van der Waals surface area contributed by atoms with Crippen LogP contribution in [0.15, 0.2) is 16.7 Å². The fraction of sp³-hybridized carbons (Fsp3) is 0.125. The summed E-state index contributed by atoms with van der Waals surface area (Å²) in [6.07, 6.45) is 1.74. The van der Waals surface area contributed by atoms with Crippen LogP contribution in [0.2, 0.25) is 0 Å². The minimum absolute atomic E-state index is 0.452. The van der Waals surface area contributed by atoms with Crippen molar-refractivity contribution in [1.82, 2.24) is 9.97 Å². The first-order valence-corrected chi connectivity index (χ1v) is 5.34.